The summed E-state index contributed by atoms with van der Waals surface area (Å²) in [6, 6.07) is 0. The predicted molar refractivity (Wildman–Crippen MR) is 64.5 cm³/mol. The summed E-state index contributed by atoms with van der Waals surface area (Å²) < 4.78 is 0. The van der Waals surface area contributed by atoms with Crippen molar-refractivity contribution in [2.45, 2.75) is 38.7 Å². The minimum Gasteiger partial charge on any atom is -0.391 e. The van der Waals surface area contributed by atoms with Gasteiger partial charge in [0, 0.05) is 23.8 Å². The van der Waals surface area contributed by atoms with Crippen molar-refractivity contribution in [2.75, 3.05) is 13.6 Å². The van der Waals surface area contributed by atoms with Crippen molar-refractivity contribution in [1.82, 2.24) is 10.3 Å². The molecule has 15 heavy (non-hydrogen) atoms. The van der Waals surface area contributed by atoms with Crippen LogP contribution in [0.1, 0.15) is 31.5 Å². The third-order valence-corrected chi connectivity index (χ3v) is 3.04. The zero-order valence-corrected chi connectivity index (χ0v) is 10.7. The highest BCUT2D eigenvalue weighted by atomic mass is 32.1. The average Bonchev–Trinajstić information content (AvgIpc) is 2.52. The van der Waals surface area contributed by atoms with Crippen molar-refractivity contribution in [3.05, 3.63) is 16.1 Å². The van der Waals surface area contributed by atoms with Crippen molar-refractivity contribution in [2.24, 2.45) is 0 Å². The Balaban J connectivity index is 2.61. The van der Waals surface area contributed by atoms with E-state index in [2.05, 4.69) is 36.5 Å². The topological polar surface area (TPSA) is 45.1 Å². The van der Waals surface area contributed by atoms with E-state index in [1.165, 1.54) is 0 Å². The molecule has 0 spiro atoms. The Morgan fingerprint density at radius 2 is 2.20 bits per heavy atom. The van der Waals surface area contributed by atoms with Gasteiger partial charge in [-0.3, -0.25) is 0 Å². The summed E-state index contributed by atoms with van der Waals surface area (Å²) in [6.07, 6.45) is 0.302. The lowest BCUT2D eigenvalue weighted by molar-refractivity contribution is 0.174. The number of thiazole rings is 1. The Bertz CT molecular complexity index is 304. The summed E-state index contributed by atoms with van der Waals surface area (Å²) >= 11 is 1.63. The quantitative estimate of drug-likeness (QED) is 0.822. The Hall–Kier alpha value is -0.450. The molecular formula is C11H20N2OS. The second kappa shape index (κ2) is 5.05. The summed E-state index contributed by atoms with van der Waals surface area (Å²) in [4.78, 5) is 4.53. The minimum absolute atomic E-state index is 0.0999. The highest BCUT2D eigenvalue weighted by Gasteiger charge is 2.18. The first kappa shape index (κ1) is 12.6. The van der Waals surface area contributed by atoms with Crippen LogP contribution in [0.4, 0.5) is 0 Å². The molecule has 0 aliphatic carbocycles. The highest BCUT2D eigenvalue weighted by molar-refractivity contribution is 7.09. The summed E-state index contributed by atoms with van der Waals surface area (Å²) in [7, 11) is 1.84. The number of nitrogens with one attached hydrogen (secondary N) is 1. The fourth-order valence-electron chi connectivity index (χ4n) is 1.26. The standard InChI is InChI=1S/C11H20N2OS/c1-11(2,3)9-7-15-10(13-9)5-8(14)6-12-4/h7-8,12,14H,5-6H2,1-4H3. The van der Waals surface area contributed by atoms with Gasteiger partial charge in [-0.25, -0.2) is 4.98 Å². The van der Waals surface area contributed by atoms with Crippen LogP contribution < -0.4 is 5.32 Å². The SMILES string of the molecule is CNCC(O)Cc1nc(C(C)(C)C)cs1. The summed E-state index contributed by atoms with van der Waals surface area (Å²) in [6.45, 7) is 7.06. The fourth-order valence-corrected chi connectivity index (χ4v) is 2.35. The van der Waals surface area contributed by atoms with Gasteiger partial charge in [-0.05, 0) is 7.05 Å². The molecule has 0 aliphatic rings. The van der Waals surface area contributed by atoms with Crippen LogP contribution in [0, 0.1) is 0 Å². The van der Waals surface area contributed by atoms with Crippen LogP contribution in [0.3, 0.4) is 0 Å². The molecule has 1 atom stereocenters. The van der Waals surface area contributed by atoms with E-state index in [0.29, 0.717) is 13.0 Å². The number of nitrogens with zero attached hydrogens (tertiary/aromatic N) is 1. The third kappa shape index (κ3) is 3.89. The zero-order chi connectivity index (χ0) is 11.5. The lowest BCUT2D eigenvalue weighted by Gasteiger charge is -2.14. The van der Waals surface area contributed by atoms with E-state index >= 15 is 0 Å². The first-order valence-corrected chi connectivity index (χ1v) is 6.09. The number of aromatic nitrogens is 1. The maximum absolute atomic E-state index is 9.62. The maximum atomic E-state index is 9.62. The number of hydrogen-bond acceptors (Lipinski definition) is 4. The molecule has 0 aromatic carbocycles. The minimum atomic E-state index is -0.339. The Morgan fingerprint density at radius 1 is 1.53 bits per heavy atom. The number of rotatable bonds is 4. The summed E-state index contributed by atoms with van der Waals surface area (Å²) in [5, 5.41) is 15.7. The predicted octanol–water partition coefficient (Wildman–Crippen LogP) is 1.56. The van der Waals surface area contributed by atoms with Crippen LogP contribution in [0.2, 0.25) is 0 Å². The molecule has 1 aromatic rings. The second-order valence-electron chi connectivity index (χ2n) is 4.79. The van der Waals surface area contributed by atoms with Crippen LogP contribution >= 0.6 is 11.3 Å². The molecule has 0 bridgehead atoms. The van der Waals surface area contributed by atoms with E-state index < -0.39 is 0 Å². The van der Waals surface area contributed by atoms with Gasteiger partial charge in [-0.2, -0.15) is 0 Å². The van der Waals surface area contributed by atoms with Crippen molar-refractivity contribution in [1.29, 1.82) is 0 Å². The van der Waals surface area contributed by atoms with Crippen molar-refractivity contribution in [3.63, 3.8) is 0 Å². The molecular weight excluding hydrogens is 208 g/mol. The molecule has 1 aromatic heterocycles. The van der Waals surface area contributed by atoms with Crippen LogP contribution in [0.5, 0.6) is 0 Å². The molecule has 4 heteroatoms. The van der Waals surface area contributed by atoms with Gasteiger partial charge in [0.25, 0.3) is 0 Å². The summed E-state index contributed by atoms with van der Waals surface area (Å²) in [5.74, 6) is 0. The van der Waals surface area contributed by atoms with Gasteiger partial charge in [-0.15, -0.1) is 11.3 Å². The van der Waals surface area contributed by atoms with E-state index in [9.17, 15) is 5.11 Å². The third-order valence-electron chi connectivity index (χ3n) is 2.17. The van der Waals surface area contributed by atoms with Crippen molar-refractivity contribution in [3.8, 4) is 0 Å². The number of hydrogen-bond donors (Lipinski definition) is 2. The monoisotopic (exact) mass is 228 g/mol. The molecule has 3 nitrogen and oxygen atoms in total. The van der Waals surface area contributed by atoms with Gasteiger partial charge in [0.2, 0.25) is 0 Å². The van der Waals surface area contributed by atoms with Gasteiger partial charge in [0.05, 0.1) is 16.8 Å². The second-order valence-corrected chi connectivity index (χ2v) is 5.73. The van der Waals surface area contributed by atoms with Gasteiger partial charge < -0.3 is 10.4 Å². The lowest BCUT2D eigenvalue weighted by Crippen LogP contribution is -2.25. The largest absolute Gasteiger partial charge is 0.391 e. The number of aliphatic hydroxyl groups is 1. The molecule has 86 valence electrons. The van der Waals surface area contributed by atoms with Crippen molar-refractivity contribution >= 4 is 11.3 Å². The molecule has 1 rings (SSSR count). The van der Waals surface area contributed by atoms with Crippen molar-refractivity contribution < 1.29 is 5.11 Å². The molecule has 0 aliphatic heterocycles. The first-order chi connectivity index (χ1) is 6.93. The Labute approximate surface area is 95.6 Å². The van der Waals surface area contributed by atoms with E-state index in [4.69, 9.17) is 0 Å². The molecule has 0 amide bonds. The van der Waals surface area contributed by atoms with Gasteiger partial charge in [-0.1, -0.05) is 20.8 Å². The average molecular weight is 228 g/mol. The van der Waals surface area contributed by atoms with E-state index in [0.717, 1.165) is 10.7 Å². The Morgan fingerprint density at radius 3 is 2.67 bits per heavy atom. The van der Waals surface area contributed by atoms with E-state index in [-0.39, 0.29) is 11.5 Å². The Kier molecular flexibility index (Phi) is 4.25. The van der Waals surface area contributed by atoms with Crippen LogP contribution in [-0.2, 0) is 11.8 Å². The molecule has 2 N–H and O–H groups in total. The van der Waals surface area contributed by atoms with Crippen LogP contribution in [0.15, 0.2) is 5.38 Å². The first-order valence-electron chi connectivity index (χ1n) is 5.21. The fraction of sp³-hybridized carbons (Fsp3) is 0.727. The number of likely N-dealkylation sites (N-methyl/N-ethyl adjacent to an activating group) is 1. The normalized spacial score (nSPS) is 14.2. The number of aliphatic hydroxyl groups excluding tert-OH is 1. The molecule has 0 saturated carbocycles. The zero-order valence-electron chi connectivity index (χ0n) is 9.87. The van der Waals surface area contributed by atoms with Gasteiger partial charge >= 0.3 is 0 Å². The van der Waals surface area contributed by atoms with Gasteiger partial charge in [0.15, 0.2) is 0 Å². The summed E-state index contributed by atoms with van der Waals surface area (Å²) in [5.41, 5.74) is 1.21. The molecule has 0 radical (unpaired) electrons. The molecule has 1 unspecified atom stereocenters. The van der Waals surface area contributed by atoms with Gasteiger partial charge in [0.1, 0.15) is 0 Å². The lowest BCUT2D eigenvalue weighted by atomic mass is 9.93. The maximum Gasteiger partial charge on any atom is 0.0954 e. The van der Waals surface area contributed by atoms with Crippen LogP contribution in [-0.4, -0.2) is 29.8 Å². The highest BCUT2D eigenvalue weighted by Crippen LogP contribution is 2.24. The molecule has 1 heterocycles. The molecule has 0 fully saturated rings. The van der Waals surface area contributed by atoms with E-state index in [1.807, 2.05) is 7.05 Å². The van der Waals surface area contributed by atoms with E-state index in [1.54, 1.807) is 11.3 Å². The molecule has 0 saturated heterocycles. The van der Waals surface area contributed by atoms with Crippen LogP contribution in [0.25, 0.3) is 0 Å². The smallest absolute Gasteiger partial charge is 0.0954 e.